The summed E-state index contributed by atoms with van der Waals surface area (Å²) in [6.45, 7) is 2.01. The number of carbonyl (C=O) groups excluding carboxylic acids is 1. The second-order valence-corrected chi connectivity index (χ2v) is 6.02. The summed E-state index contributed by atoms with van der Waals surface area (Å²) in [6, 6.07) is 11.7. The maximum absolute atomic E-state index is 10.8. The van der Waals surface area contributed by atoms with Gasteiger partial charge >= 0.3 is 0 Å². The molecule has 3 aromatic rings. The lowest BCUT2D eigenvalue weighted by atomic mass is 10.1. The van der Waals surface area contributed by atoms with Crippen molar-refractivity contribution < 1.29 is 9.53 Å². The molecule has 1 aromatic carbocycles. The van der Waals surface area contributed by atoms with Gasteiger partial charge in [-0.15, -0.1) is 0 Å². The fraction of sp³-hybridized carbons (Fsp3) is 0.200. The van der Waals surface area contributed by atoms with Gasteiger partial charge in [0.15, 0.2) is 0 Å². The van der Waals surface area contributed by atoms with Crippen LogP contribution in [0.3, 0.4) is 0 Å². The standard InChI is InChI=1S/C20H20N4O2/c1-14-5-10-18(23-11-14)15-6-8-17(9-7-15)26-20-13-22-12-16(24-20)3-2-4-19(21)25/h5-13H,2-4H2,1H3,(H2,21,25). The van der Waals surface area contributed by atoms with Crippen LogP contribution < -0.4 is 10.5 Å². The highest BCUT2D eigenvalue weighted by Crippen LogP contribution is 2.24. The zero-order valence-corrected chi connectivity index (χ0v) is 14.6. The van der Waals surface area contributed by atoms with Gasteiger partial charge in [-0.25, -0.2) is 4.98 Å². The van der Waals surface area contributed by atoms with Gasteiger partial charge in [-0.05, 0) is 55.7 Å². The van der Waals surface area contributed by atoms with Crippen molar-refractivity contribution in [2.24, 2.45) is 5.73 Å². The van der Waals surface area contributed by atoms with Crippen molar-refractivity contribution >= 4 is 5.91 Å². The number of rotatable bonds is 7. The van der Waals surface area contributed by atoms with Gasteiger partial charge < -0.3 is 10.5 Å². The maximum Gasteiger partial charge on any atom is 0.238 e. The number of ether oxygens (including phenoxy) is 1. The van der Waals surface area contributed by atoms with Crippen molar-refractivity contribution in [3.8, 4) is 22.9 Å². The molecule has 3 rings (SSSR count). The molecule has 0 aliphatic heterocycles. The van der Waals surface area contributed by atoms with Crippen LogP contribution in [0.5, 0.6) is 11.6 Å². The predicted molar refractivity (Wildman–Crippen MR) is 98.6 cm³/mol. The SMILES string of the molecule is Cc1ccc(-c2ccc(Oc3cncc(CCCC(N)=O)n3)cc2)nc1. The normalized spacial score (nSPS) is 10.5. The molecule has 0 spiro atoms. The molecule has 0 aliphatic carbocycles. The van der Waals surface area contributed by atoms with Crippen molar-refractivity contribution in [2.45, 2.75) is 26.2 Å². The smallest absolute Gasteiger partial charge is 0.238 e. The summed E-state index contributed by atoms with van der Waals surface area (Å²) in [7, 11) is 0. The van der Waals surface area contributed by atoms with Gasteiger partial charge in [0.1, 0.15) is 5.75 Å². The zero-order valence-electron chi connectivity index (χ0n) is 14.6. The van der Waals surface area contributed by atoms with E-state index in [4.69, 9.17) is 10.5 Å². The van der Waals surface area contributed by atoms with Gasteiger partial charge in [0.2, 0.25) is 11.8 Å². The second-order valence-electron chi connectivity index (χ2n) is 6.02. The summed E-state index contributed by atoms with van der Waals surface area (Å²) >= 11 is 0. The van der Waals surface area contributed by atoms with E-state index in [-0.39, 0.29) is 5.91 Å². The average Bonchev–Trinajstić information content (AvgIpc) is 2.63. The molecule has 0 radical (unpaired) electrons. The van der Waals surface area contributed by atoms with Crippen LogP contribution in [0, 0.1) is 6.92 Å². The fourth-order valence-electron chi connectivity index (χ4n) is 2.45. The predicted octanol–water partition coefficient (Wildman–Crippen LogP) is 3.45. The molecule has 2 N–H and O–H groups in total. The number of nitrogens with two attached hydrogens (primary N) is 1. The number of hydrogen-bond acceptors (Lipinski definition) is 5. The molecular formula is C20H20N4O2. The molecule has 2 aromatic heterocycles. The molecule has 6 nitrogen and oxygen atoms in total. The summed E-state index contributed by atoms with van der Waals surface area (Å²) in [5, 5.41) is 0. The highest BCUT2D eigenvalue weighted by molar-refractivity contribution is 5.73. The molecule has 1 amide bonds. The quantitative estimate of drug-likeness (QED) is 0.706. The Hall–Kier alpha value is -3.28. The van der Waals surface area contributed by atoms with Crippen molar-refractivity contribution in [1.29, 1.82) is 0 Å². The summed E-state index contributed by atoms with van der Waals surface area (Å²) in [5.41, 5.74) is 8.97. The lowest BCUT2D eigenvalue weighted by Crippen LogP contribution is -2.10. The Morgan fingerprint density at radius 2 is 1.88 bits per heavy atom. The van der Waals surface area contributed by atoms with Crippen LogP contribution in [0.2, 0.25) is 0 Å². The first kappa shape index (κ1) is 17.5. The van der Waals surface area contributed by atoms with Crippen LogP contribution in [0.25, 0.3) is 11.3 Å². The Kier molecular flexibility index (Phi) is 5.53. The Labute approximate surface area is 152 Å². The molecule has 26 heavy (non-hydrogen) atoms. The third-order valence-electron chi connectivity index (χ3n) is 3.80. The number of aryl methyl sites for hydroxylation is 2. The number of primary amides is 1. The van der Waals surface area contributed by atoms with Crippen LogP contribution in [-0.4, -0.2) is 20.9 Å². The minimum absolute atomic E-state index is 0.312. The van der Waals surface area contributed by atoms with Crippen LogP contribution in [0.4, 0.5) is 0 Å². The molecule has 2 heterocycles. The average molecular weight is 348 g/mol. The number of aromatic nitrogens is 3. The van der Waals surface area contributed by atoms with Crippen molar-refractivity contribution in [3.05, 3.63) is 66.2 Å². The monoisotopic (exact) mass is 348 g/mol. The van der Waals surface area contributed by atoms with E-state index < -0.39 is 0 Å². The summed E-state index contributed by atoms with van der Waals surface area (Å²) in [5.74, 6) is 0.778. The lowest BCUT2D eigenvalue weighted by molar-refractivity contribution is -0.118. The van der Waals surface area contributed by atoms with E-state index in [1.165, 1.54) is 0 Å². The third-order valence-corrected chi connectivity index (χ3v) is 3.80. The first-order valence-corrected chi connectivity index (χ1v) is 8.40. The van der Waals surface area contributed by atoms with Crippen molar-refractivity contribution in [2.75, 3.05) is 0 Å². The molecule has 0 saturated carbocycles. The van der Waals surface area contributed by atoms with E-state index in [0.29, 0.717) is 30.9 Å². The molecule has 0 bridgehead atoms. The van der Waals surface area contributed by atoms with E-state index in [0.717, 1.165) is 22.5 Å². The van der Waals surface area contributed by atoms with Gasteiger partial charge in [-0.3, -0.25) is 14.8 Å². The van der Waals surface area contributed by atoms with Crippen LogP contribution in [-0.2, 0) is 11.2 Å². The number of hydrogen-bond donors (Lipinski definition) is 1. The summed E-state index contributed by atoms with van der Waals surface area (Å²) in [4.78, 5) is 23.8. The van der Waals surface area contributed by atoms with E-state index in [9.17, 15) is 4.79 Å². The lowest BCUT2D eigenvalue weighted by Gasteiger charge is -2.07. The first-order chi connectivity index (χ1) is 12.6. The van der Waals surface area contributed by atoms with Gasteiger partial charge in [-0.2, -0.15) is 0 Å². The van der Waals surface area contributed by atoms with Crippen LogP contribution in [0.15, 0.2) is 55.0 Å². The Bertz CT molecular complexity index is 877. The number of benzene rings is 1. The van der Waals surface area contributed by atoms with Gasteiger partial charge in [-0.1, -0.05) is 6.07 Å². The Balaban J connectivity index is 1.65. The van der Waals surface area contributed by atoms with E-state index in [2.05, 4.69) is 15.0 Å². The summed E-state index contributed by atoms with van der Waals surface area (Å²) in [6.07, 6.45) is 6.68. The maximum atomic E-state index is 10.8. The van der Waals surface area contributed by atoms with E-state index in [1.807, 2.05) is 49.5 Å². The molecule has 0 saturated heterocycles. The fourth-order valence-corrected chi connectivity index (χ4v) is 2.45. The molecule has 132 valence electrons. The largest absolute Gasteiger partial charge is 0.437 e. The van der Waals surface area contributed by atoms with E-state index >= 15 is 0 Å². The third kappa shape index (κ3) is 4.86. The highest BCUT2D eigenvalue weighted by Gasteiger charge is 2.05. The minimum atomic E-state index is -0.312. The Morgan fingerprint density at radius 3 is 2.58 bits per heavy atom. The molecule has 0 unspecified atom stereocenters. The first-order valence-electron chi connectivity index (χ1n) is 8.40. The highest BCUT2D eigenvalue weighted by atomic mass is 16.5. The number of amides is 1. The van der Waals surface area contributed by atoms with Gasteiger partial charge in [0, 0.05) is 24.4 Å². The molecule has 0 atom stereocenters. The van der Waals surface area contributed by atoms with Crippen molar-refractivity contribution in [1.82, 2.24) is 15.0 Å². The van der Waals surface area contributed by atoms with Crippen LogP contribution >= 0.6 is 0 Å². The second kappa shape index (κ2) is 8.20. The molecule has 0 fully saturated rings. The van der Waals surface area contributed by atoms with Crippen LogP contribution in [0.1, 0.15) is 24.1 Å². The number of nitrogens with zero attached hydrogens (tertiary/aromatic N) is 3. The van der Waals surface area contributed by atoms with E-state index in [1.54, 1.807) is 12.4 Å². The number of pyridine rings is 1. The van der Waals surface area contributed by atoms with Gasteiger partial charge in [0.25, 0.3) is 0 Å². The topological polar surface area (TPSA) is 91.0 Å². The van der Waals surface area contributed by atoms with Gasteiger partial charge in [0.05, 0.1) is 17.6 Å². The molecule has 0 aliphatic rings. The zero-order chi connectivity index (χ0) is 18.4. The molecule has 6 heteroatoms. The number of carbonyl (C=O) groups is 1. The Morgan fingerprint density at radius 1 is 1.08 bits per heavy atom. The van der Waals surface area contributed by atoms with Crippen molar-refractivity contribution in [3.63, 3.8) is 0 Å². The minimum Gasteiger partial charge on any atom is -0.437 e. The molecular weight excluding hydrogens is 328 g/mol. The summed E-state index contributed by atoms with van der Waals surface area (Å²) < 4.78 is 5.77.